The fourth-order valence-electron chi connectivity index (χ4n) is 5.40. The molecule has 3 nitrogen and oxygen atoms in total. The molecule has 4 rings (SSSR count). The summed E-state index contributed by atoms with van der Waals surface area (Å²) in [6.07, 6.45) is 5.72. The molecule has 0 radical (unpaired) electrons. The zero-order valence-corrected chi connectivity index (χ0v) is 18.3. The standard InChI is InChI=1S/C26H34F2N2O/c27-23-8-7-22(25(28)17-23)18-26(20-31)12-4-13-30(19-26)24-10-15-29(16-11-24)14-9-21-5-2-1-3-6-21/h1-3,5-8,17,24,31H,4,9-16,18-20H2/t26-/m0/s1. The van der Waals surface area contributed by atoms with Crippen LogP contribution >= 0.6 is 0 Å². The lowest BCUT2D eigenvalue weighted by molar-refractivity contribution is -0.00306. The topological polar surface area (TPSA) is 26.7 Å². The van der Waals surface area contributed by atoms with Crippen LogP contribution in [0.3, 0.4) is 0 Å². The van der Waals surface area contributed by atoms with Crippen molar-refractivity contribution in [2.24, 2.45) is 5.41 Å². The molecule has 0 spiro atoms. The summed E-state index contributed by atoms with van der Waals surface area (Å²) in [6.45, 7) is 5.17. The van der Waals surface area contributed by atoms with E-state index in [1.54, 1.807) is 0 Å². The number of benzene rings is 2. The van der Waals surface area contributed by atoms with E-state index >= 15 is 0 Å². The van der Waals surface area contributed by atoms with Crippen LogP contribution in [0.2, 0.25) is 0 Å². The zero-order valence-electron chi connectivity index (χ0n) is 18.3. The first-order chi connectivity index (χ1) is 15.1. The molecule has 0 bridgehead atoms. The summed E-state index contributed by atoms with van der Waals surface area (Å²) in [4.78, 5) is 5.08. The number of hydrogen-bond donors (Lipinski definition) is 1. The Balaban J connectivity index is 1.31. The predicted molar refractivity (Wildman–Crippen MR) is 120 cm³/mol. The minimum Gasteiger partial charge on any atom is -0.396 e. The van der Waals surface area contributed by atoms with Crippen molar-refractivity contribution >= 4 is 0 Å². The highest BCUT2D eigenvalue weighted by Gasteiger charge is 2.38. The molecule has 2 saturated heterocycles. The molecular weight excluding hydrogens is 394 g/mol. The first-order valence-corrected chi connectivity index (χ1v) is 11.6. The van der Waals surface area contributed by atoms with E-state index in [0.29, 0.717) is 18.0 Å². The van der Waals surface area contributed by atoms with Gasteiger partial charge in [0.2, 0.25) is 0 Å². The maximum Gasteiger partial charge on any atom is 0.129 e. The van der Waals surface area contributed by atoms with Gasteiger partial charge < -0.3 is 10.0 Å². The molecule has 2 aliphatic rings. The van der Waals surface area contributed by atoms with E-state index in [2.05, 4.69) is 40.1 Å². The molecule has 31 heavy (non-hydrogen) atoms. The number of nitrogens with zero attached hydrogens (tertiary/aromatic N) is 2. The third-order valence-corrected chi connectivity index (χ3v) is 7.24. The molecule has 2 aliphatic heterocycles. The molecule has 2 heterocycles. The van der Waals surface area contributed by atoms with Crippen molar-refractivity contribution in [1.29, 1.82) is 0 Å². The normalized spacial score (nSPS) is 23.8. The Morgan fingerprint density at radius 2 is 1.77 bits per heavy atom. The fraction of sp³-hybridized carbons (Fsp3) is 0.538. The fourth-order valence-corrected chi connectivity index (χ4v) is 5.40. The lowest BCUT2D eigenvalue weighted by atomic mass is 9.75. The summed E-state index contributed by atoms with van der Waals surface area (Å²) in [7, 11) is 0. The number of hydrogen-bond acceptors (Lipinski definition) is 3. The number of aliphatic hydroxyl groups excluding tert-OH is 1. The van der Waals surface area contributed by atoms with Crippen molar-refractivity contribution in [3.63, 3.8) is 0 Å². The van der Waals surface area contributed by atoms with Gasteiger partial charge in [0.05, 0.1) is 6.61 Å². The average Bonchev–Trinajstić information content (AvgIpc) is 2.81. The molecule has 1 N–H and O–H groups in total. The molecular formula is C26H34F2N2O. The summed E-state index contributed by atoms with van der Waals surface area (Å²) in [6, 6.07) is 15.0. The third kappa shape index (κ3) is 5.71. The van der Waals surface area contributed by atoms with E-state index in [1.165, 1.54) is 17.7 Å². The van der Waals surface area contributed by atoms with Crippen LogP contribution in [0, 0.1) is 17.0 Å². The predicted octanol–water partition coefficient (Wildman–Crippen LogP) is 4.29. The van der Waals surface area contributed by atoms with E-state index < -0.39 is 11.6 Å². The van der Waals surface area contributed by atoms with Crippen molar-refractivity contribution in [1.82, 2.24) is 9.80 Å². The monoisotopic (exact) mass is 428 g/mol. The first kappa shape index (κ1) is 22.4. The lowest BCUT2D eigenvalue weighted by Crippen LogP contribution is -2.53. The first-order valence-electron chi connectivity index (χ1n) is 11.6. The highest BCUT2D eigenvalue weighted by atomic mass is 19.1. The van der Waals surface area contributed by atoms with Gasteiger partial charge in [0.25, 0.3) is 0 Å². The number of piperidine rings is 2. The van der Waals surface area contributed by atoms with Gasteiger partial charge in [-0.05, 0) is 75.4 Å². The van der Waals surface area contributed by atoms with Crippen molar-refractivity contribution in [3.05, 3.63) is 71.3 Å². The summed E-state index contributed by atoms with van der Waals surface area (Å²) in [5.41, 5.74) is 1.55. The van der Waals surface area contributed by atoms with Crippen LogP contribution in [0.5, 0.6) is 0 Å². The minimum atomic E-state index is -0.552. The van der Waals surface area contributed by atoms with Crippen molar-refractivity contribution < 1.29 is 13.9 Å². The molecule has 0 aromatic heterocycles. The molecule has 168 valence electrons. The quantitative estimate of drug-likeness (QED) is 0.713. The Morgan fingerprint density at radius 3 is 2.48 bits per heavy atom. The molecule has 1 atom stereocenters. The molecule has 2 fully saturated rings. The maximum atomic E-state index is 14.3. The molecule has 0 unspecified atom stereocenters. The lowest BCUT2D eigenvalue weighted by Gasteiger charge is -2.47. The van der Waals surface area contributed by atoms with Gasteiger partial charge in [-0.1, -0.05) is 36.4 Å². The van der Waals surface area contributed by atoms with Gasteiger partial charge >= 0.3 is 0 Å². The molecule has 0 aliphatic carbocycles. The SMILES string of the molecule is OC[C@]1(Cc2ccc(F)cc2F)CCCN(C2CCN(CCc3ccccc3)CC2)C1. The van der Waals surface area contributed by atoms with E-state index in [0.717, 1.165) is 70.9 Å². The molecule has 0 amide bonds. The third-order valence-electron chi connectivity index (χ3n) is 7.24. The number of aliphatic hydroxyl groups is 1. The second kappa shape index (κ2) is 10.2. The van der Waals surface area contributed by atoms with Crippen molar-refractivity contribution in [2.75, 3.05) is 39.3 Å². The van der Waals surface area contributed by atoms with Gasteiger partial charge in [0.1, 0.15) is 11.6 Å². The smallest absolute Gasteiger partial charge is 0.129 e. The van der Waals surface area contributed by atoms with Crippen LogP contribution in [0.1, 0.15) is 36.8 Å². The van der Waals surface area contributed by atoms with Gasteiger partial charge in [0.15, 0.2) is 0 Å². The Labute approximate surface area is 184 Å². The number of likely N-dealkylation sites (tertiary alicyclic amines) is 2. The van der Waals surface area contributed by atoms with E-state index in [4.69, 9.17) is 0 Å². The second-order valence-electron chi connectivity index (χ2n) is 9.45. The van der Waals surface area contributed by atoms with Crippen LogP contribution in [0.4, 0.5) is 8.78 Å². The summed E-state index contributed by atoms with van der Waals surface area (Å²) in [5.74, 6) is -1.06. The van der Waals surface area contributed by atoms with Crippen molar-refractivity contribution in [3.8, 4) is 0 Å². The van der Waals surface area contributed by atoms with E-state index in [1.807, 2.05) is 0 Å². The van der Waals surface area contributed by atoms with Crippen LogP contribution in [0.25, 0.3) is 0 Å². The van der Waals surface area contributed by atoms with Crippen LogP contribution < -0.4 is 0 Å². The van der Waals surface area contributed by atoms with Crippen LogP contribution in [-0.4, -0.2) is 60.3 Å². The number of halogens is 2. The maximum absolute atomic E-state index is 14.3. The summed E-state index contributed by atoms with van der Waals surface area (Å²) < 4.78 is 27.6. The zero-order chi connectivity index (χ0) is 21.7. The largest absolute Gasteiger partial charge is 0.396 e. The molecule has 2 aromatic carbocycles. The molecule has 0 saturated carbocycles. The average molecular weight is 429 g/mol. The van der Waals surface area contributed by atoms with Gasteiger partial charge in [-0.2, -0.15) is 0 Å². The summed E-state index contributed by atoms with van der Waals surface area (Å²) in [5, 5.41) is 10.3. The van der Waals surface area contributed by atoms with Gasteiger partial charge in [-0.25, -0.2) is 8.78 Å². The van der Waals surface area contributed by atoms with E-state index in [-0.39, 0.29) is 12.0 Å². The van der Waals surface area contributed by atoms with Gasteiger partial charge in [-0.3, -0.25) is 4.90 Å². The minimum absolute atomic E-state index is 0.0379. The van der Waals surface area contributed by atoms with Crippen LogP contribution in [0.15, 0.2) is 48.5 Å². The molecule has 2 aromatic rings. The van der Waals surface area contributed by atoms with E-state index in [9.17, 15) is 13.9 Å². The highest BCUT2D eigenvalue weighted by Crippen LogP contribution is 2.36. The Bertz CT molecular complexity index is 839. The second-order valence-corrected chi connectivity index (χ2v) is 9.45. The van der Waals surface area contributed by atoms with Gasteiger partial charge in [0, 0.05) is 30.6 Å². The molecule has 5 heteroatoms. The van der Waals surface area contributed by atoms with Crippen LogP contribution in [-0.2, 0) is 12.8 Å². The highest BCUT2D eigenvalue weighted by molar-refractivity contribution is 5.21. The van der Waals surface area contributed by atoms with Crippen molar-refractivity contribution in [2.45, 2.75) is 44.6 Å². The summed E-state index contributed by atoms with van der Waals surface area (Å²) >= 11 is 0. The Kier molecular flexibility index (Phi) is 7.36. The Hall–Kier alpha value is -1.82. The Morgan fingerprint density at radius 1 is 1.00 bits per heavy atom. The number of rotatable bonds is 7. The van der Waals surface area contributed by atoms with Gasteiger partial charge in [-0.15, -0.1) is 0 Å².